The number of Topliss-reactive ketones (excluding diaryl/α,β-unsaturated/α-hetero) is 1. The molecule has 2 aromatic rings. The van der Waals surface area contributed by atoms with Crippen LogP contribution in [0.15, 0.2) is 64.8 Å². The van der Waals surface area contributed by atoms with Gasteiger partial charge in [-0.15, -0.1) is 0 Å². The highest BCUT2D eigenvalue weighted by molar-refractivity contribution is 6.14. The normalized spacial score (nSPS) is 21.2. The summed E-state index contributed by atoms with van der Waals surface area (Å²) in [5.41, 5.74) is 0.277. The van der Waals surface area contributed by atoms with Crippen LogP contribution in [0.4, 0.5) is 23.2 Å². The van der Waals surface area contributed by atoms with Crippen molar-refractivity contribution in [1.29, 1.82) is 0 Å². The standard InChI is InChI=1S/C24H20F4N2O2/c1-13-20(23(32)30-17-6-3-2-5-16(17)24(26,27)28)21(14-9-11-15(25)12-10-14)22-18(29-13)7-4-8-19(22)31/h2-3,5-6,9-12,21-22H,4,7-8H2,1H3,(H,30,32)/t21-,22-/m0/s1. The second-order valence-corrected chi connectivity index (χ2v) is 7.93. The number of halogens is 4. The van der Waals surface area contributed by atoms with E-state index in [9.17, 15) is 27.2 Å². The number of carbonyl (C=O) groups excluding carboxylic acids is 2. The molecule has 2 aromatic carbocycles. The molecule has 0 unspecified atom stereocenters. The lowest BCUT2D eigenvalue weighted by Gasteiger charge is -2.36. The summed E-state index contributed by atoms with van der Waals surface area (Å²) in [5, 5.41) is 2.37. The van der Waals surface area contributed by atoms with Crippen LogP contribution in [-0.2, 0) is 15.8 Å². The lowest BCUT2D eigenvalue weighted by molar-refractivity contribution is -0.137. The number of benzene rings is 2. The summed E-state index contributed by atoms with van der Waals surface area (Å²) in [4.78, 5) is 30.6. The van der Waals surface area contributed by atoms with E-state index in [1.54, 1.807) is 6.92 Å². The molecule has 4 nitrogen and oxygen atoms in total. The fraction of sp³-hybridized carbons (Fsp3) is 0.292. The molecule has 2 aliphatic rings. The fourth-order valence-electron chi connectivity index (χ4n) is 4.48. The number of ketones is 1. The van der Waals surface area contributed by atoms with Crippen LogP contribution in [0.3, 0.4) is 0 Å². The highest BCUT2D eigenvalue weighted by Crippen LogP contribution is 2.43. The van der Waals surface area contributed by atoms with Gasteiger partial charge in [-0.3, -0.25) is 14.6 Å². The van der Waals surface area contributed by atoms with E-state index in [-0.39, 0.29) is 17.0 Å². The predicted molar refractivity (Wildman–Crippen MR) is 112 cm³/mol. The summed E-state index contributed by atoms with van der Waals surface area (Å²) < 4.78 is 53.8. The molecule has 2 atom stereocenters. The SMILES string of the molecule is CC1=C(C(=O)Nc2ccccc2C(F)(F)F)[C@H](c2ccc(F)cc2)[C@@H]2C(=O)CCCC2=N1. The molecule has 0 spiro atoms. The first kappa shape index (κ1) is 21.9. The van der Waals surface area contributed by atoms with E-state index >= 15 is 0 Å². The molecule has 8 heteroatoms. The van der Waals surface area contributed by atoms with Crippen LogP contribution in [0.1, 0.15) is 43.2 Å². The minimum atomic E-state index is -4.65. The van der Waals surface area contributed by atoms with Crippen molar-refractivity contribution < 1.29 is 27.2 Å². The molecule has 0 radical (unpaired) electrons. The summed E-state index contributed by atoms with van der Waals surface area (Å²) in [5.74, 6) is -2.78. The van der Waals surface area contributed by atoms with E-state index in [4.69, 9.17) is 0 Å². The van der Waals surface area contributed by atoms with Crippen molar-refractivity contribution in [2.75, 3.05) is 5.32 Å². The van der Waals surface area contributed by atoms with Gasteiger partial charge in [0.25, 0.3) is 5.91 Å². The first-order valence-electron chi connectivity index (χ1n) is 10.2. The van der Waals surface area contributed by atoms with Crippen molar-refractivity contribution in [2.45, 2.75) is 38.3 Å². The van der Waals surface area contributed by atoms with Crippen LogP contribution >= 0.6 is 0 Å². The Morgan fingerprint density at radius 1 is 1.03 bits per heavy atom. The Balaban J connectivity index is 1.79. The van der Waals surface area contributed by atoms with Crippen LogP contribution in [0, 0.1) is 11.7 Å². The number of rotatable bonds is 3. The average molecular weight is 444 g/mol. The molecule has 0 saturated heterocycles. The maximum atomic E-state index is 13.6. The lowest BCUT2D eigenvalue weighted by atomic mass is 9.69. The summed E-state index contributed by atoms with van der Waals surface area (Å²) >= 11 is 0. The highest BCUT2D eigenvalue weighted by Gasteiger charge is 2.43. The number of fused-ring (bicyclic) bond motifs is 1. The van der Waals surface area contributed by atoms with Gasteiger partial charge < -0.3 is 5.32 Å². The van der Waals surface area contributed by atoms with Crippen molar-refractivity contribution in [2.24, 2.45) is 10.9 Å². The zero-order valence-corrected chi connectivity index (χ0v) is 17.2. The van der Waals surface area contributed by atoms with Crippen LogP contribution in [0.25, 0.3) is 0 Å². The zero-order chi connectivity index (χ0) is 23.0. The van der Waals surface area contributed by atoms with Gasteiger partial charge in [0.1, 0.15) is 11.6 Å². The molecule has 1 fully saturated rings. The molecule has 0 aromatic heterocycles. The summed E-state index contributed by atoms with van der Waals surface area (Å²) in [6.45, 7) is 1.60. The molecule has 1 heterocycles. The van der Waals surface area contributed by atoms with Gasteiger partial charge in [0, 0.05) is 29.3 Å². The largest absolute Gasteiger partial charge is 0.418 e. The Labute approximate surface area is 182 Å². The number of nitrogens with zero attached hydrogens (tertiary/aromatic N) is 1. The van der Waals surface area contributed by atoms with E-state index in [1.165, 1.54) is 42.5 Å². The lowest BCUT2D eigenvalue weighted by Crippen LogP contribution is -2.39. The molecule has 166 valence electrons. The van der Waals surface area contributed by atoms with Crippen molar-refractivity contribution >= 4 is 23.1 Å². The Morgan fingerprint density at radius 2 is 1.72 bits per heavy atom. The summed E-state index contributed by atoms with van der Waals surface area (Å²) in [7, 11) is 0. The fourth-order valence-corrected chi connectivity index (χ4v) is 4.48. The van der Waals surface area contributed by atoms with Crippen molar-refractivity contribution in [3.63, 3.8) is 0 Å². The van der Waals surface area contributed by atoms with Gasteiger partial charge in [0.05, 0.1) is 17.2 Å². The molecule has 1 saturated carbocycles. The second kappa shape index (κ2) is 8.33. The first-order valence-corrected chi connectivity index (χ1v) is 10.2. The Kier molecular flexibility index (Phi) is 5.71. The number of aliphatic imine (C=N–C) groups is 1. The maximum Gasteiger partial charge on any atom is 0.418 e. The minimum absolute atomic E-state index is 0.0854. The average Bonchev–Trinajstić information content (AvgIpc) is 2.73. The summed E-state index contributed by atoms with van der Waals surface area (Å²) in [6, 6.07) is 10.1. The quantitative estimate of drug-likeness (QED) is 0.621. The van der Waals surface area contributed by atoms with Crippen LogP contribution in [0.2, 0.25) is 0 Å². The Morgan fingerprint density at radius 3 is 2.41 bits per heavy atom. The number of hydrogen-bond donors (Lipinski definition) is 1. The number of para-hydroxylation sites is 1. The first-order chi connectivity index (χ1) is 15.2. The smallest absolute Gasteiger partial charge is 0.322 e. The summed E-state index contributed by atoms with van der Waals surface area (Å²) in [6.07, 6.45) is -3.08. The molecule has 32 heavy (non-hydrogen) atoms. The van der Waals surface area contributed by atoms with E-state index in [0.717, 1.165) is 6.07 Å². The van der Waals surface area contributed by atoms with E-state index in [0.29, 0.717) is 36.2 Å². The molecular formula is C24H20F4N2O2. The maximum absolute atomic E-state index is 13.6. The molecule has 1 N–H and O–H groups in total. The number of allylic oxidation sites excluding steroid dienone is 1. The monoisotopic (exact) mass is 444 g/mol. The third kappa shape index (κ3) is 4.09. The van der Waals surface area contributed by atoms with Gasteiger partial charge >= 0.3 is 6.18 Å². The van der Waals surface area contributed by atoms with Crippen LogP contribution in [0.5, 0.6) is 0 Å². The molecule has 0 bridgehead atoms. The number of nitrogens with one attached hydrogen (secondary N) is 1. The number of carbonyl (C=O) groups is 2. The van der Waals surface area contributed by atoms with E-state index in [1.807, 2.05) is 0 Å². The van der Waals surface area contributed by atoms with Crippen LogP contribution < -0.4 is 5.32 Å². The van der Waals surface area contributed by atoms with Crippen molar-refractivity contribution in [3.8, 4) is 0 Å². The van der Waals surface area contributed by atoms with Crippen molar-refractivity contribution in [1.82, 2.24) is 0 Å². The zero-order valence-electron chi connectivity index (χ0n) is 17.2. The third-order valence-electron chi connectivity index (χ3n) is 5.86. The molecule has 1 aliphatic carbocycles. The van der Waals surface area contributed by atoms with Gasteiger partial charge in [-0.1, -0.05) is 24.3 Å². The van der Waals surface area contributed by atoms with Gasteiger partial charge in [0.15, 0.2) is 0 Å². The topological polar surface area (TPSA) is 58.5 Å². The van der Waals surface area contributed by atoms with Gasteiger partial charge in [0.2, 0.25) is 0 Å². The molecule has 1 amide bonds. The predicted octanol–water partition coefficient (Wildman–Crippen LogP) is 5.66. The number of amides is 1. The third-order valence-corrected chi connectivity index (χ3v) is 5.86. The van der Waals surface area contributed by atoms with E-state index in [2.05, 4.69) is 10.3 Å². The van der Waals surface area contributed by atoms with Gasteiger partial charge in [-0.05, 0) is 49.6 Å². The van der Waals surface area contributed by atoms with Gasteiger partial charge in [-0.25, -0.2) is 4.39 Å². The molecule has 1 aliphatic heterocycles. The number of alkyl halides is 3. The highest BCUT2D eigenvalue weighted by atomic mass is 19.4. The Hall–Kier alpha value is -3.29. The Bertz CT molecular complexity index is 1130. The van der Waals surface area contributed by atoms with Crippen molar-refractivity contribution in [3.05, 3.63) is 76.7 Å². The van der Waals surface area contributed by atoms with Gasteiger partial charge in [-0.2, -0.15) is 13.2 Å². The molecule has 4 rings (SSSR count). The second-order valence-electron chi connectivity index (χ2n) is 7.93. The van der Waals surface area contributed by atoms with E-state index < -0.39 is 35.3 Å². The van der Waals surface area contributed by atoms with Crippen LogP contribution in [-0.4, -0.2) is 17.4 Å². The minimum Gasteiger partial charge on any atom is -0.322 e. The number of hydrogen-bond acceptors (Lipinski definition) is 3. The molecular weight excluding hydrogens is 424 g/mol. The number of anilines is 1.